The van der Waals surface area contributed by atoms with Crippen LogP contribution >= 0.6 is 11.3 Å². The number of thiazole rings is 1. The molecule has 1 aliphatic heterocycles. The third-order valence-electron chi connectivity index (χ3n) is 3.38. The summed E-state index contributed by atoms with van der Waals surface area (Å²) in [5, 5.41) is 3.99. The first kappa shape index (κ1) is 15.0. The minimum atomic E-state index is -4.46. The minimum absolute atomic E-state index is 0.0418. The minimum Gasteiger partial charge on any atom is -0.365 e. The van der Waals surface area contributed by atoms with Crippen molar-refractivity contribution in [3.63, 3.8) is 0 Å². The summed E-state index contributed by atoms with van der Waals surface area (Å²) in [6.45, 7) is 3.51. The number of rotatable bonds is 3. The predicted molar refractivity (Wildman–Crippen MR) is 78.1 cm³/mol. The van der Waals surface area contributed by atoms with Crippen LogP contribution in [-0.2, 0) is 6.18 Å². The first-order valence-electron chi connectivity index (χ1n) is 6.75. The maximum Gasteiger partial charge on any atom is 0.433 e. The van der Waals surface area contributed by atoms with E-state index in [-0.39, 0.29) is 11.9 Å². The van der Waals surface area contributed by atoms with E-state index in [1.54, 1.807) is 11.3 Å². The fourth-order valence-electron chi connectivity index (χ4n) is 2.34. The van der Waals surface area contributed by atoms with Gasteiger partial charge in [0.15, 0.2) is 5.13 Å². The van der Waals surface area contributed by atoms with Crippen molar-refractivity contribution in [3.8, 4) is 0 Å². The van der Waals surface area contributed by atoms with Gasteiger partial charge in [-0.25, -0.2) is 15.0 Å². The fourth-order valence-corrected chi connectivity index (χ4v) is 3.13. The van der Waals surface area contributed by atoms with Crippen LogP contribution in [0, 0.1) is 6.92 Å². The second-order valence-electron chi connectivity index (χ2n) is 5.12. The molecular weight excluding hydrogens is 315 g/mol. The molecule has 9 heteroatoms. The van der Waals surface area contributed by atoms with Gasteiger partial charge in [-0.2, -0.15) is 13.2 Å². The van der Waals surface area contributed by atoms with Gasteiger partial charge in [-0.3, -0.25) is 0 Å². The van der Waals surface area contributed by atoms with Gasteiger partial charge in [0.25, 0.3) is 0 Å². The molecule has 0 saturated carbocycles. The zero-order valence-electron chi connectivity index (χ0n) is 11.8. The number of anilines is 2. The standard InChI is InChI=1S/C13H14F3N5S/c1-8-5-17-12(22-8)21-3-2-9(6-21)20-11-4-10(13(14,15)16)18-7-19-11/h4-5,7,9H,2-3,6H2,1H3,(H,18,19,20). The van der Waals surface area contributed by atoms with Gasteiger partial charge in [0.2, 0.25) is 0 Å². The van der Waals surface area contributed by atoms with Gasteiger partial charge in [-0.15, -0.1) is 11.3 Å². The molecule has 1 fully saturated rings. The molecule has 0 aromatic carbocycles. The highest BCUT2D eigenvalue weighted by molar-refractivity contribution is 7.15. The number of alkyl halides is 3. The summed E-state index contributed by atoms with van der Waals surface area (Å²) in [5.74, 6) is 0.199. The monoisotopic (exact) mass is 329 g/mol. The normalized spacial score (nSPS) is 18.7. The van der Waals surface area contributed by atoms with E-state index in [1.165, 1.54) is 0 Å². The van der Waals surface area contributed by atoms with Crippen LogP contribution in [0.25, 0.3) is 0 Å². The molecule has 2 aromatic rings. The van der Waals surface area contributed by atoms with E-state index in [0.717, 1.165) is 35.4 Å². The molecule has 0 bridgehead atoms. The zero-order chi connectivity index (χ0) is 15.7. The van der Waals surface area contributed by atoms with E-state index in [0.29, 0.717) is 6.54 Å². The van der Waals surface area contributed by atoms with Gasteiger partial charge in [0.05, 0.1) is 0 Å². The van der Waals surface area contributed by atoms with E-state index in [1.807, 2.05) is 13.1 Å². The van der Waals surface area contributed by atoms with Crippen LogP contribution in [-0.4, -0.2) is 34.1 Å². The molecule has 1 aliphatic rings. The average Bonchev–Trinajstić information content (AvgIpc) is 3.07. The molecule has 3 rings (SSSR count). The van der Waals surface area contributed by atoms with Gasteiger partial charge in [0.1, 0.15) is 17.8 Å². The second kappa shape index (κ2) is 5.71. The molecule has 1 unspecified atom stereocenters. The molecule has 0 spiro atoms. The summed E-state index contributed by atoms with van der Waals surface area (Å²) in [4.78, 5) is 14.7. The SMILES string of the molecule is Cc1cnc(N2CCC(Nc3cc(C(F)(F)F)ncn3)C2)s1. The number of hydrogen-bond acceptors (Lipinski definition) is 6. The van der Waals surface area contributed by atoms with Crippen molar-refractivity contribution in [1.29, 1.82) is 0 Å². The van der Waals surface area contributed by atoms with Crippen molar-refractivity contribution in [2.75, 3.05) is 23.3 Å². The van der Waals surface area contributed by atoms with Crippen LogP contribution in [0.3, 0.4) is 0 Å². The Bertz CT molecular complexity index is 657. The molecule has 118 valence electrons. The lowest BCUT2D eigenvalue weighted by molar-refractivity contribution is -0.141. The summed E-state index contributed by atoms with van der Waals surface area (Å²) in [6.07, 6.45) is -0.883. The molecular formula is C13H14F3N5S. The van der Waals surface area contributed by atoms with Gasteiger partial charge in [0, 0.05) is 36.3 Å². The summed E-state index contributed by atoms with van der Waals surface area (Å²) in [5.41, 5.74) is -0.935. The quantitative estimate of drug-likeness (QED) is 0.938. The van der Waals surface area contributed by atoms with Crippen LogP contribution in [0.4, 0.5) is 24.1 Å². The van der Waals surface area contributed by atoms with Gasteiger partial charge < -0.3 is 10.2 Å². The van der Waals surface area contributed by atoms with E-state index >= 15 is 0 Å². The number of nitrogens with zero attached hydrogens (tertiary/aromatic N) is 4. The molecule has 3 heterocycles. The second-order valence-corrected chi connectivity index (χ2v) is 6.33. The summed E-state index contributed by atoms with van der Waals surface area (Å²) in [6, 6.07) is 0.983. The Morgan fingerprint density at radius 1 is 1.32 bits per heavy atom. The van der Waals surface area contributed by atoms with Crippen LogP contribution in [0.5, 0.6) is 0 Å². The third-order valence-corrected chi connectivity index (χ3v) is 4.35. The lowest BCUT2D eigenvalue weighted by Crippen LogP contribution is -2.26. The maximum atomic E-state index is 12.6. The first-order valence-corrected chi connectivity index (χ1v) is 7.56. The number of aromatic nitrogens is 3. The van der Waals surface area contributed by atoms with Crippen LogP contribution in [0.1, 0.15) is 17.0 Å². The van der Waals surface area contributed by atoms with Crippen molar-refractivity contribution in [1.82, 2.24) is 15.0 Å². The Labute approximate surface area is 129 Å². The Kier molecular flexibility index (Phi) is 3.90. The highest BCUT2D eigenvalue weighted by atomic mass is 32.1. The highest BCUT2D eigenvalue weighted by Crippen LogP contribution is 2.29. The zero-order valence-corrected chi connectivity index (χ0v) is 12.6. The lowest BCUT2D eigenvalue weighted by Gasteiger charge is -2.16. The van der Waals surface area contributed by atoms with Crippen molar-refractivity contribution >= 4 is 22.3 Å². The van der Waals surface area contributed by atoms with Crippen LogP contribution in [0.2, 0.25) is 0 Å². The Balaban J connectivity index is 1.65. The summed E-state index contributed by atoms with van der Waals surface area (Å²) >= 11 is 1.61. The molecule has 0 amide bonds. The Hall–Kier alpha value is -1.90. The van der Waals surface area contributed by atoms with Crippen LogP contribution in [0.15, 0.2) is 18.6 Å². The number of aryl methyl sites for hydroxylation is 1. The Morgan fingerprint density at radius 2 is 2.14 bits per heavy atom. The third kappa shape index (κ3) is 3.29. The van der Waals surface area contributed by atoms with Gasteiger partial charge >= 0.3 is 6.18 Å². The maximum absolute atomic E-state index is 12.6. The summed E-state index contributed by atoms with van der Waals surface area (Å²) in [7, 11) is 0. The molecule has 2 aromatic heterocycles. The van der Waals surface area contributed by atoms with Crippen molar-refractivity contribution in [3.05, 3.63) is 29.2 Å². The molecule has 1 atom stereocenters. The molecule has 0 radical (unpaired) electrons. The van der Waals surface area contributed by atoms with Crippen LogP contribution < -0.4 is 10.2 Å². The molecule has 1 N–H and O–H groups in total. The van der Waals surface area contributed by atoms with E-state index in [2.05, 4.69) is 25.2 Å². The molecule has 1 saturated heterocycles. The molecule has 5 nitrogen and oxygen atoms in total. The highest BCUT2D eigenvalue weighted by Gasteiger charge is 2.33. The first-order chi connectivity index (χ1) is 10.4. The fraction of sp³-hybridized carbons (Fsp3) is 0.462. The molecule has 0 aliphatic carbocycles. The smallest absolute Gasteiger partial charge is 0.365 e. The van der Waals surface area contributed by atoms with Crippen molar-refractivity contribution in [2.24, 2.45) is 0 Å². The lowest BCUT2D eigenvalue weighted by atomic mass is 10.2. The largest absolute Gasteiger partial charge is 0.433 e. The number of hydrogen-bond donors (Lipinski definition) is 1. The predicted octanol–water partition coefficient (Wildman–Crippen LogP) is 2.95. The number of halogens is 3. The topological polar surface area (TPSA) is 53.9 Å². The van der Waals surface area contributed by atoms with E-state index in [4.69, 9.17) is 0 Å². The van der Waals surface area contributed by atoms with E-state index in [9.17, 15) is 13.2 Å². The van der Waals surface area contributed by atoms with Gasteiger partial charge in [-0.05, 0) is 13.3 Å². The average molecular weight is 329 g/mol. The number of nitrogens with one attached hydrogen (secondary N) is 1. The van der Waals surface area contributed by atoms with E-state index < -0.39 is 11.9 Å². The van der Waals surface area contributed by atoms with Crippen molar-refractivity contribution < 1.29 is 13.2 Å². The van der Waals surface area contributed by atoms with Crippen molar-refractivity contribution in [2.45, 2.75) is 25.6 Å². The summed E-state index contributed by atoms with van der Waals surface area (Å²) < 4.78 is 37.9. The van der Waals surface area contributed by atoms with Gasteiger partial charge in [-0.1, -0.05) is 0 Å². The Morgan fingerprint density at radius 3 is 2.82 bits per heavy atom. The molecule has 22 heavy (non-hydrogen) atoms.